The maximum atomic E-state index is 11.3. The van der Waals surface area contributed by atoms with Crippen molar-refractivity contribution >= 4 is 16.7 Å². The molecule has 2 aromatic rings. The van der Waals surface area contributed by atoms with Gasteiger partial charge in [0.15, 0.2) is 0 Å². The van der Waals surface area contributed by atoms with E-state index in [4.69, 9.17) is 15.2 Å². The van der Waals surface area contributed by atoms with Crippen molar-refractivity contribution in [2.45, 2.75) is 32.8 Å². The fourth-order valence-electron chi connectivity index (χ4n) is 2.28. The van der Waals surface area contributed by atoms with Crippen LogP contribution in [0.5, 0.6) is 5.75 Å². The van der Waals surface area contributed by atoms with Crippen LogP contribution in [-0.2, 0) is 4.74 Å². The predicted molar refractivity (Wildman–Crippen MR) is 82.6 cm³/mol. The number of nitrogens with zero attached hydrogens (tertiary/aromatic N) is 1. The lowest BCUT2D eigenvalue weighted by Crippen LogP contribution is -2.26. The molecule has 6 heteroatoms. The zero-order valence-corrected chi connectivity index (χ0v) is 12.4. The number of anilines is 1. The first-order valence-electron chi connectivity index (χ1n) is 7.27. The summed E-state index contributed by atoms with van der Waals surface area (Å²) in [6, 6.07) is 5.45. The zero-order valence-electron chi connectivity index (χ0n) is 12.4. The van der Waals surface area contributed by atoms with Crippen molar-refractivity contribution in [3.8, 4) is 5.75 Å². The van der Waals surface area contributed by atoms with E-state index in [0.717, 1.165) is 12.8 Å². The van der Waals surface area contributed by atoms with Gasteiger partial charge in [0.2, 0.25) is 0 Å². The zero-order chi connectivity index (χ0) is 15.2. The van der Waals surface area contributed by atoms with Gasteiger partial charge in [0.05, 0.1) is 24.1 Å². The first-order chi connectivity index (χ1) is 10.2. The van der Waals surface area contributed by atoms with Crippen LogP contribution in [0.3, 0.4) is 0 Å². The summed E-state index contributed by atoms with van der Waals surface area (Å²) in [5, 5.41) is 0.661. The van der Waals surface area contributed by atoms with Gasteiger partial charge >= 0.3 is 5.69 Å². The second-order valence-corrected chi connectivity index (χ2v) is 4.54. The van der Waals surface area contributed by atoms with Gasteiger partial charge in [-0.05, 0) is 12.1 Å². The second kappa shape index (κ2) is 7.08. The highest BCUT2D eigenvalue weighted by molar-refractivity contribution is 5.93. The Bertz CT molecular complexity index is 648. The summed E-state index contributed by atoms with van der Waals surface area (Å²) in [6.07, 6.45) is 1.82. The number of hydrogen-bond acceptors (Lipinski definition) is 5. The Morgan fingerprint density at radius 2 is 2.05 bits per heavy atom. The molecule has 1 fully saturated rings. The molecule has 1 saturated heterocycles. The standard InChI is InChI=1S/C13H15N3O3.C2H6/c14-12-11-9(15-13(17)16-12)2-1-3-10(11)19-8-4-6-18-7-5-8;1-2/h1-3,8H,4-7H2,(H3,14,15,16,17);1-2H3. The Hall–Kier alpha value is -2.08. The SMILES string of the molecule is CC.Nc1nc(=O)[nH]c2cccc(OC3CCOCC3)c12. The number of hydrogen-bond donors (Lipinski definition) is 2. The van der Waals surface area contributed by atoms with E-state index in [1.807, 2.05) is 26.0 Å². The minimum absolute atomic E-state index is 0.116. The van der Waals surface area contributed by atoms with E-state index in [9.17, 15) is 4.79 Å². The third kappa shape index (κ3) is 3.52. The Morgan fingerprint density at radius 3 is 2.76 bits per heavy atom. The van der Waals surface area contributed by atoms with Crippen LogP contribution in [0.1, 0.15) is 26.7 Å². The molecule has 0 aliphatic carbocycles. The second-order valence-electron chi connectivity index (χ2n) is 4.54. The highest BCUT2D eigenvalue weighted by atomic mass is 16.5. The number of H-pyrrole nitrogens is 1. The minimum Gasteiger partial charge on any atom is -0.489 e. The Kier molecular flexibility index (Phi) is 5.16. The molecule has 6 nitrogen and oxygen atoms in total. The quantitative estimate of drug-likeness (QED) is 0.884. The lowest BCUT2D eigenvalue weighted by atomic mass is 10.1. The summed E-state index contributed by atoms with van der Waals surface area (Å²) in [5.41, 5.74) is 6.02. The molecule has 3 rings (SSSR count). The summed E-state index contributed by atoms with van der Waals surface area (Å²) >= 11 is 0. The van der Waals surface area contributed by atoms with Crippen LogP contribution in [0, 0.1) is 0 Å². The van der Waals surface area contributed by atoms with Gasteiger partial charge in [-0.25, -0.2) is 4.79 Å². The first kappa shape index (κ1) is 15.3. The molecular formula is C15H21N3O3. The Balaban J connectivity index is 0.000000774. The Morgan fingerprint density at radius 1 is 1.33 bits per heavy atom. The highest BCUT2D eigenvalue weighted by Gasteiger charge is 2.17. The van der Waals surface area contributed by atoms with Crippen molar-refractivity contribution in [2.24, 2.45) is 0 Å². The summed E-state index contributed by atoms with van der Waals surface area (Å²) < 4.78 is 11.3. The lowest BCUT2D eigenvalue weighted by molar-refractivity contribution is 0.0262. The van der Waals surface area contributed by atoms with Crippen molar-refractivity contribution in [3.63, 3.8) is 0 Å². The third-order valence-corrected chi connectivity index (χ3v) is 3.21. The van der Waals surface area contributed by atoms with Gasteiger partial charge in [0.25, 0.3) is 0 Å². The minimum atomic E-state index is -0.451. The average molecular weight is 291 g/mol. The summed E-state index contributed by atoms with van der Waals surface area (Å²) in [4.78, 5) is 17.7. The number of nitrogens with two attached hydrogens (primary N) is 1. The molecular weight excluding hydrogens is 270 g/mol. The third-order valence-electron chi connectivity index (χ3n) is 3.21. The Labute approximate surface area is 123 Å². The lowest BCUT2D eigenvalue weighted by Gasteiger charge is -2.24. The molecule has 0 amide bonds. The molecule has 0 spiro atoms. The van der Waals surface area contributed by atoms with E-state index in [1.54, 1.807) is 6.07 Å². The topological polar surface area (TPSA) is 90.2 Å². The molecule has 0 radical (unpaired) electrons. The van der Waals surface area contributed by atoms with E-state index in [1.165, 1.54) is 0 Å². The molecule has 1 aromatic carbocycles. The molecule has 0 saturated carbocycles. The smallest absolute Gasteiger partial charge is 0.347 e. The molecule has 0 atom stereocenters. The van der Waals surface area contributed by atoms with E-state index >= 15 is 0 Å². The normalized spacial score (nSPS) is 15.3. The summed E-state index contributed by atoms with van der Waals surface area (Å²) in [5.74, 6) is 0.854. The molecule has 1 aliphatic rings. The van der Waals surface area contributed by atoms with Crippen molar-refractivity contribution in [1.29, 1.82) is 0 Å². The maximum absolute atomic E-state index is 11.3. The maximum Gasteiger partial charge on any atom is 0.347 e. The number of nitrogens with one attached hydrogen (secondary N) is 1. The van der Waals surface area contributed by atoms with Gasteiger partial charge in [-0.1, -0.05) is 19.9 Å². The number of aromatic amines is 1. The van der Waals surface area contributed by atoms with E-state index in [2.05, 4.69) is 9.97 Å². The summed E-state index contributed by atoms with van der Waals surface area (Å²) in [6.45, 7) is 5.42. The van der Waals surface area contributed by atoms with Gasteiger partial charge in [-0.3, -0.25) is 0 Å². The first-order valence-corrected chi connectivity index (χ1v) is 7.27. The molecule has 114 valence electrons. The molecule has 0 unspecified atom stereocenters. The van der Waals surface area contributed by atoms with Crippen molar-refractivity contribution in [3.05, 3.63) is 28.7 Å². The van der Waals surface area contributed by atoms with E-state index in [-0.39, 0.29) is 11.9 Å². The number of rotatable bonds is 2. The van der Waals surface area contributed by atoms with Crippen molar-refractivity contribution in [1.82, 2.24) is 9.97 Å². The van der Waals surface area contributed by atoms with Crippen LogP contribution in [0.25, 0.3) is 10.9 Å². The highest BCUT2D eigenvalue weighted by Crippen LogP contribution is 2.29. The largest absolute Gasteiger partial charge is 0.489 e. The van der Waals surface area contributed by atoms with Gasteiger partial charge in [-0.15, -0.1) is 0 Å². The number of fused-ring (bicyclic) bond motifs is 1. The van der Waals surface area contributed by atoms with Gasteiger partial charge in [0.1, 0.15) is 17.7 Å². The van der Waals surface area contributed by atoms with Crippen LogP contribution in [0.15, 0.2) is 23.0 Å². The van der Waals surface area contributed by atoms with Crippen LogP contribution >= 0.6 is 0 Å². The molecule has 3 N–H and O–H groups in total. The number of nitrogen functional groups attached to an aromatic ring is 1. The molecule has 0 bridgehead atoms. The predicted octanol–water partition coefficient (Wildman–Crippen LogP) is 2.09. The molecule has 1 aromatic heterocycles. The van der Waals surface area contributed by atoms with Gasteiger partial charge in [0, 0.05) is 12.8 Å². The van der Waals surface area contributed by atoms with Gasteiger partial charge in [-0.2, -0.15) is 4.98 Å². The number of benzene rings is 1. The molecule has 1 aliphatic heterocycles. The van der Waals surface area contributed by atoms with E-state index in [0.29, 0.717) is 29.9 Å². The number of aromatic nitrogens is 2. The van der Waals surface area contributed by atoms with Crippen LogP contribution in [-0.4, -0.2) is 29.3 Å². The van der Waals surface area contributed by atoms with E-state index < -0.39 is 5.69 Å². The van der Waals surface area contributed by atoms with Crippen LogP contribution in [0.2, 0.25) is 0 Å². The number of ether oxygens (including phenoxy) is 2. The molecule has 2 heterocycles. The average Bonchev–Trinajstić information content (AvgIpc) is 2.50. The van der Waals surface area contributed by atoms with Crippen molar-refractivity contribution < 1.29 is 9.47 Å². The van der Waals surface area contributed by atoms with Crippen LogP contribution in [0.4, 0.5) is 5.82 Å². The fraction of sp³-hybridized carbons (Fsp3) is 0.467. The van der Waals surface area contributed by atoms with Crippen molar-refractivity contribution in [2.75, 3.05) is 18.9 Å². The monoisotopic (exact) mass is 291 g/mol. The molecule has 21 heavy (non-hydrogen) atoms. The van der Waals surface area contributed by atoms with Gasteiger partial charge < -0.3 is 20.2 Å². The summed E-state index contributed by atoms with van der Waals surface area (Å²) in [7, 11) is 0. The van der Waals surface area contributed by atoms with Crippen LogP contribution < -0.4 is 16.2 Å². The fourth-order valence-corrected chi connectivity index (χ4v) is 2.28.